The molecule has 5 heteroatoms. The normalized spacial score (nSPS) is 12.5. The Labute approximate surface area is 174 Å². The molecule has 0 radical (unpaired) electrons. The fraction of sp³-hybridized carbons (Fsp3) is 0.250. The van der Waals surface area contributed by atoms with Crippen LogP contribution >= 0.6 is 11.3 Å². The molecule has 0 saturated carbocycles. The van der Waals surface area contributed by atoms with Crippen molar-refractivity contribution >= 4 is 22.2 Å². The van der Waals surface area contributed by atoms with Crippen LogP contribution in [0.3, 0.4) is 0 Å². The summed E-state index contributed by atoms with van der Waals surface area (Å²) in [5.41, 5.74) is 3.19. The predicted molar refractivity (Wildman–Crippen MR) is 120 cm³/mol. The smallest absolute Gasteiger partial charge is 0.258 e. The molecule has 29 heavy (non-hydrogen) atoms. The van der Waals surface area contributed by atoms with Crippen molar-refractivity contribution in [3.8, 4) is 0 Å². The van der Waals surface area contributed by atoms with Crippen LogP contribution in [0.4, 0.5) is 0 Å². The lowest BCUT2D eigenvalue weighted by Crippen LogP contribution is -2.24. The van der Waals surface area contributed by atoms with Crippen LogP contribution in [0.1, 0.15) is 41.7 Å². The third-order valence-corrected chi connectivity index (χ3v) is 5.86. The SMILES string of the molecule is CC(C)Cc1ccc([C@H](NCc2nc3ccccc3c(=O)[nH]2)c2cccs2)cc1. The maximum atomic E-state index is 12.3. The maximum absolute atomic E-state index is 12.3. The van der Waals surface area contributed by atoms with E-state index in [9.17, 15) is 4.79 Å². The Morgan fingerprint density at radius 3 is 2.55 bits per heavy atom. The van der Waals surface area contributed by atoms with Crippen molar-refractivity contribution in [1.29, 1.82) is 0 Å². The Kier molecular flexibility index (Phi) is 5.88. The van der Waals surface area contributed by atoms with Crippen LogP contribution in [0, 0.1) is 5.92 Å². The van der Waals surface area contributed by atoms with Gasteiger partial charge in [-0.05, 0) is 47.0 Å². The lowest BCUT2D eigenvalue weighted by atomic mass is 9.99. The summed E-state index contributed by atoms with van der Waals surface area (Å²) in [6.45, 7) is 4.96. The maximum Gasteiger partial charge on any atom is 0.258 e. The van der Waals surface area contributed by atoms with Gasteiger partial charge in [0.15, 0.2) is 0 Å². The number of H-pyrrole nitrogens is 1. The van der Waals surface area contributed by atoms with Gasteiger partial charge in [-0.25, -0.2) is 4.98 Å². The molecule has 2 aromatic carbocycles. The molecule has 0 aliphatic heterocycles. The Morgan fingerprint density at radius 2 is 1.83 bits per heavy atom. The molecule has 2 aromatic heterocycles. The number of nitrogens with one attached hydrogen (secondary N) is 2. The summed E-state index contributed by atoms with van der Waals surface area (Å²) in [7, 11) is 0. The molecule has 2 N–H and O–H groups in total. The van der Waals surface area contributed by atoms with Crippen molar-refractivity contribution in [2.75, 3.05) is 0 Å². The van der Waals surface area contributed by atoms with Crippen molar-refractivity contribution in [1.82, 2.24) is 15.3 Å². The van der Waals surface area contributed by atoms with E-state index in [-0.39, 0.29) is 11.6 Å². The lowest BCUT2D eigenvalue weighted by molar-refractivity contribution is 0.593. The van der Waals surface area contributed by atoms with E-state index in [0.29, 0.717) is 23.7 Å². The molecular weight excluding hydrogens is 378 g/mol. The van der Waals surface area contributed by atoms with E-state index in [0.717, 1.165) is 11.9 Å². The van der Waals surface area contributed by atoms with Crippen LogP contribution < -0.4 is 10.9 Å². The number of hydrogen-bond donors (Lipinski definition) is 2. The minimum Gasteiger partial charge on any atom is -0.309 e. The molecule has 0 spiro atoms. The van der Waals surface area contributed by atoms with E-state index in [1.165, 1.54) is 16.0 Å². The number of aromatic nitrogens is 2. The highest BCUT2D eigenvalue weighted by atomic mass is 32.1. The second kappa shape index (κ2) is 8.72. The zero-order chi connectivity index (χ0) is 20.2. The standard InChI is InChI=1S/C24H25N3OS/c1-16(2)14-17-9-11-18(12-10-17)23(21-8-5-13-29-21)25-15-22-26-20-7-4-3-6-19(20)24(28)27-22/h3-13,16,23,25H,14-15H2,1-2H3,(H,26,27,28)/t23-/m0/s1. The molecule has 148 valence electrons. The van der Waals surface area contributed by atoms with Gasteiger partial charge in [0, 0.05) is 4.88 Å². The van der Waals surface area contributed by atoms with Gasteiger partial charge in [0.25, 0.3) is 5.56 Å². The zero-order valence-electron chi connectivity index (χ0n) is 16.7. The number of para-hydroxylation sites is 1. The van der Waals surface area contributed by atoms with E-state index < -0.39 is 0 Å². The molecule has 0 aliphatic rings. The van der Waals surface area contributed by atoms with Crippen LogP contribution in [-0.2, 0) is 13.0 Å². The highest BCUT2D eigenvalue weighted by Crippen LogP contribution is 2.27. The Hall–Kier alpha value is -2.76. The molecule has 0 fully saturated rings. The Balaban J connectivity index is 1.58. The summed E-state index contributed by atoms with van der Waals surface area (Å²) in [4.78, 5) is 21.1. The molecule has 0 unspecified atom stereocenters. The third-order valence-electron chi connectivity index (χ3n) is 4.92. The van der Waals surface area contributed by atoms with Gasteiger partial charge in [0.05, 0.1) is 23.5 Å². The molecule has 0 bridgehead atoms. The van der Waals surface area contributed by atoms with Gasteiger partial charge in [0.2, 0.25) is 0 Å². The summed E-state index contributed by atoms with van der Waals surface area (Å²) in [5, 5.41) is 6.29. The summed E-state index contributed by atoms with van der Waals surface area (Å²) >= 11 is 1.73. The first kappa shape index (κ1) is 19.6. The van der Waals surface area contributed by atoms with Crippen molar-refractivity contribution in [2.24, 2.45) is 5.92 Å². The summed E-state index contributed by atoms with van der Waals surface area (Å²) in [5.74, 6) is 1.29. The molecule has 1 atom stereocenters. The number of rotatable bonds is 7. The van der Waals surface area contributed by atoms with E-state index in [2.05, 4.69) is 70.9 Å². The number of thiophene rings is 1. The van der Waals surface area contributed by atoms with Gasteiger partial charge >= 0.3 is 0 Å². The predicted octanol–water partition coefficient (Wildman–Crippen LogP) is 5.06. The fourth-order valence-electron chi connectivity index (χ4n) is 3.57. The molecule has 0 saturated heterocycles. The third kappa shape index (κ3) is 4.63. The number of hydrogen-bond acceptors (Lipinski definition) is 4. The lowest BCUT2D eigenvalue weighted by Gasteiger charge is -2.18. The van der Waals surface area contributed by atoms with Gasteiger partial charge in [-0.1, -0.05) is 56.3 Å². The number of benzene rings is 2. The second-order valence-electron chi connectivity index (χ2n) is 7.70. The van der Waals surface area contributed by atoms with Crippen molar-refractivity contribution in [3.63, 3.8) is 0 Å². The number of fused-ring (bicyclic) bond motifs is 1. The highest BCUT2D eigenvalue weighted by Gasteiger charge is 2.16. The van der Waals surface area contributed by atoms with Crippen LogP contribution in [0.5, 0.6) is 0 Å². The van der Waals surface area contributed by atoms with Crippen molar-refractivity contribution in [2.45, 2.75) is 32.9 Å². The van der Waals surface area contributed by atoms with Gasteiger partial charge in [-0.3, -0.25) is 10.1 Å². The average molecular weight is 404 g/mol. The first-order chi connectivity index (χ1) is 14.1. The van der Waals surface area contributed by atoms with Crippen molar-refractivity contribution < 1.29 is 0 Å². The minimum atomic E-state index is -0.0990. The second-order valence-corrected chi connectivity index (χ2v) is 8.68. The minimum absolute atomic E-state index is 0.0554. The summed E-state index contributed by atoms with van der Waals surface area (Å²) in [6.07, 6.45) is 1.08. The topological polar surface area (TPSA) is 57.8 Å². The van der Waals surface area contributed by atoms with Gasteiger partial charge < -0.3 is 4.98 Å². The fourth-order valence-corrected chi connectivity index (χ4v) is 4.40. The quantitative estimate of drug-likeness (QED) is 0.453. The Morgan fingerprint density at radius 1 is 1.03 bits per heavy atom. The molecular formula is C24H25N3OS. The van der Waals surface area contributed by atoms with E-state index in [4.69, 9.17) is 0 Å². The molecule has 2 heterocycles. The molecule has 0 amide bonds. The largest absolute Gasteiger partial charge is 0.309 e. The van der Waals surface area contributed by atoms with Gasteiger partial charge in [0.1, 0.15) is 5.82 Å². The van der Waals surface area contributed by atoms with E-state index >= 15 is 0 Å². The van der Waals surface area contributed by atoms with Gasteiger partial charge in [-0.15, -0.1) is 11.3 Å². The Bertz CT molecular complexity index is 1130. The van der Waals surface area contributed by atoms with Crippen LogP contribution in [0.25, 0.3) is 10.9 Å². The highest BCUT2D eigenvalue weighted by molar-refractivity contribution is 7.10. The van der Waals surface area contributed by atoms with Gasteiger partial charge in [-0.2, -0.15) is 0 Å². The average Bonchev–Trinajstić information content (AvgIpc) is 3.23. The number of aromatic amines is 1. The van der Waals surface area contributed by atoms with Crippen LogP contribution in [0.2, 0.25) is 0 Å². The van der Waals surface area contributed by atoms with Crippen LogP contribution in [-0.4, -0.2) is 9.97 Å². The molecule has 4 aromatic rings. The summed E-state index contributed by atoms with van der Waals surface area (Å²) < 4.78 is 0. The van der Waals surface area contributed by atoms with E-state index in [1.54, 1.807) is 17.4 Å². The summed E-state index contributed by atoms with van der Waals surface area (Å²) in [6, 6.07) is 20.5. The van der Waals surface area contributed by atoms with Crippen LogP contribution in [0.15, 0.2) is 70.8 Å². The molecule has 4 rings (SSSR count). The van der Waals surface area contributed by atoms with Crippen molar-refractivity contribution in [3.05, 3.63) is 98.2 Å². The monoisotopic (exact) mass is 403 g/mol. The first-order valence-electron chi connectivity index (χ1n) is 9.93. The molecule has 0 aliphatic carbocycles. The first-order valence-corrected chi connectivity index (χ1v) is 10.8. The van der Waals surface area contributed by atoms with E-state index in [1.807, 2.05) is 18.2 Å². The molecule has 4 nitrogen and oxygen atoms in total. The zero-order valence-corrected chi connectivity index (χ0v) is 17.5. The number of nitrogens with zero attached hydrogens (tertiary/aromatic N) is 1.